The van der Waals surface area contributed by atoms with Crippen molar-refractivity contribution in [1.29, 1.82) is 0 Å². The molecular formula is C43H72O10. The van der Waals surface area contributed by atoms with Gasteiger partial charge in [-0.25, -0.2) is 4.79 Å². The predicted molar refractivity (Wildman–Crippen MR) is 204 cm³/mol. The first-order chi connectivity index (χ1) is 25.5. The van der Waals surface area contributed by atoms with E-state index in [2.05, 4.69) is 6.92 Å². The van der Waals surface area contributed by atoms with Gasteiger partial charge >= 0.3 is 23.9 Å². The highest BCUT2D eigenvalue weighted by Gasteiger charge is 2.43. The summed E-state index contributed by atoms with van der Waals surface area (Å²) in [6.07, 6.45) is 24.5. The Balaban J connectivity index is 1.39. The predicted octanol–water partition coefficient (Wildman–Crippen LogP) is 9.57. The Hall–Kier alpha value is -2.46. The number of unbranched alkanes of at least 4 members (excludes halogenated alkanes) is 13. The van der Waals surface area contributed by atoms with Gasteiger partial charge in [-0.3, -0.25) is 14.4 Å². The molecule has 0 bridgehead atoms. The molecule has 2 saturated heterocycles. The van der Waals surface area contributed by atoms with Crippen molar-refractivity contribution in [3.63, 3.8) is 0 Å². The fourth-order valence-electron chi connectivity index (χ4n) is 8.25. The maximum Gasteiger partial charge on any atom is 0.334 e. The van der Waals surface area contributed by atoms with Crippen molar-refractivity contribution >= 4 is 23.9 Å². The molecule has 8 atom stereocenters. The summed E-state index contributed by atoms with van der Waals surface area (Å²) < 4.78 is 35.5. The Morgan fingerprint density at radius 3 is 1.58 bits per heavy atom. The van der Waals surface area contributed by atoms with Crippen LogP contribution in [0.2, 0.25) is 0 Å². The fraction of sp³-hybridized carbons (Fsp3) is 0.860. The highest BCUT2D eigenvalue weighted by Crippen LogP contribution is 2.36. The second-order valence-electron chi connectivity index (χ2n) is 15.8. The Morgan fingerprint density at radius 2 is 1.09 bits per heavy atom. The molecule has 0 spiro atoms. The van der Waals surface area contributed by atoms with Crippen LogP contribution in [-0.4, -0.2) is 72.7 Å². The van der Waals surface area contributed by atoms with Crippen molar-refractivity contribution < 1.29 is 47.6 Å². The van der Waals surface area contributed by atoms with Gasteiger partial charge in [0, 0.05) is 26.3 Å². The number of hydrogen-bond acceptors (Lipinski definition) is 10. The second-order valence-corrected chi connectivity index (χ2v) is 15.8. The van der Waals surface area contributed by atoms with Gasteiger partial charge in [-0.2, -0.15) is 0 Å². The highest BCUT2D eigenvalue weighted by atomic mass is 16.6. The molecule has 0 amide bonds. The molecule has 53 heavy (non-hydrogen) atoms. The summed E-state index contributed by atoms with van der Waals surface area (Å²) in [5.41, 5.74) is 0.787. The van der Waals surface area contributed by atoms with Gasteiger partial charge < -0.3 is 28.4 Å². The second kappa shape index (κ2) is 25.6. The molecule has 0 N–H and O–H groups in total. The zero-order chi connectivity index (χ0) is 38.4. The Kier molecular flexibility index (Phi) is 21.7. The van der Waals surface area contributed by atoms with E-state index in [1.54, 1.807) is 0 Å². The molecule has 0 radical (unpaired) electrons. The summed E-state index contributed by atoms with van der Waals surface area (Å²) >= 11 is 0. The van der Waals surface area contributed by atoms with Gasteiger partial charge in [0.15, 0.2) is 0 Å². The van der Waals surface area contributed by atoms with Crippen LogP contribution >= 0.6 is 0 Å². The summed E-state index contributed by atoms with van der Waals surface area (Å²) in [7, 11) is 0. The molecule has 2 fully saturated rings. The topological polar surface area (TPSA) is 124 Å². The summed E-state index contributed by atoms with van der Waals surface area (Å²) in [6, 6.07) is 0. The van der Waals surface area contributed by atoms with Crippen LogP contribution in [0.5, 0.6) is 0 Å². The maximum atomic E-state index is 12.1. The van der Waals surface area contributed by atoms with Crippen LogP contribution in [0.4, 0.5) is 0 Å². The molecule has 3 rings (SSSR count). The molecule has 0 saturated carbocycles. The van der Waals surface area contributed by atoms with Crippen molar-refractivity contribution in [3.8, 4) is 0 Å². The third-order valence-corrected chi connectivity index (χ3v) is 11.0. The lowest BCUT2D eigenvalue weighted by Gasteiger charge is -2.28. The molecule has 0 aliphatic carbocycles. The third-order valence-electron chi connectivity index (χ3n) is 11.0. The minimum Gasteiger partial charge on any atom is -0.463 e. The molecule has 3 heterocycles. The molecule has 10 heteroatoms. The van der Waals surface area contributed by atoms with Crippen molar-refractivity contribution in [3.05, 3.63) is 11.6 Å². The standard InChI is InChI=1S/C43H72O10/c1-6-7-8-9-10-11-12-13-17-20-23-37(50-33(4)45)39-26-28-41(52-39)42-29-27-40(53-42)38(51-34(5)46)25-24-36(49-32(3)44)22-19-16-14-15-18-21-35-30-31(2)48-43(35)47/h30-31,36-42H,6-29H2,1-5H3/t31-,36+,37+,38+,39+,40+,41+,42+/m0/s1. The van der Waals surface area contributed by atoms with Crippen molar-refractivity contribution in [1.82, 2.24) is 0 Å². The molecular weight excluding hydrogens is 676 g/mol. The van der Waals surface area contributed by atoms with E-state index < -0.39 is 6.10 Å². The highest BCUT2D eigenvalue weighted by molar-refractivity contribution is 5.90. The van der Waals surface area contributed by atoms with Crippen LogP contribution in [-0.2, 0) is 47.6 Å². The molecule has 3 aliphatic rings. The van der Waals surface area contributed by atoms with Crippen molar-refractivity contribution in [2.75, 3.05) is 0 Å². The van der Waals surface area contributed by atoms with E-state index in [0.29, 0.717) is 12.8 Å². The van der Waals surface area contributed by atoms with Crippen molar-refractivity contribution in [2.45, 2.75) is 238 Å². The molecule has 10 nitrogen and oxygen atoms in total. The first-order valence-corrected chi connectivity index (χ1v) is 21.3. The molecule has 3 aliphatic heterocycles. The SMILES string of the molecule is CCCCCCCCCCCC[C@@H](OC(C)=O)[C@H]1CC[C@H]([C@H]2CC[C@H]([C@@H](CC[C@@H](CCCCCCCC3=C[C@H](C)OC3=O)OC(C)=O)OC(C)=O)O2)O1. The van der Waals surface area contributed by atoms with E-state index >= 15 is 0 Å². The largest absolute Gasteiger partial charge is 0.463 e. The first kappa shape index (κ1) is 44.9. The lowest BCUT2D eigenvalue weighted by Crippen LogP contribution is -2.36. The van der Waals surface area contributed by atoms with Gasteiger partial charge in [-0.1, -0.05) is 84.0 Å². The number of hydrogen-bond donors (Lipinski definition) is 0. The lowest BCUT2D eigenvalue weighted by atomic mass is 9.98. The van der Waals surface area contributed by atoms with Gasteiger partial charge in [0.2, 0.25) is 0 Å². The summed E-state index contributed by atoms with van der Waals surface area (Å²) in [5.74, 6) is -1.11. The average Bonchev–Trinajstić information content (AvgIpc) is 3.86. The minimum absolute atomic E-state index is 0.0881. The molecule has 0 aromatic heterocycles. The number of carbonyl (C=O) groups is 4. The monoisotopic (exact) mass is 749 g/mol. The molecule has 0 aromatic rings. The first-order valence-electron chi connectivity index (χ1n) is 21.3. The number of carbonyl (C=O) groups excluding carboxylic acids is 4. The van der Waals surface area contributed by atoms with Gasteiger partial charge in [0.05, 0.1) is 24.4 Å². The van der Waals surface area contributed by atoms with E-state index in [0.717, 1.165) is 95.5 Å². The zero-order valence-electron chi connectivity index (χ0n) is 33.7. The lowest BCUT2D eigenvalue weighted by molar-refractivity contribution is -0.165. The number of ether oxygens (including phenoxy) is 6. The molecule has 0 unspecified atom stereocenters. The Bertz CT molecular complexity index is 1120. The normalized spacial score (nSPS) is 24.4. The summed E-state index contributed by atoms with van der Waals surface area (Å²) in [4.78, 5) is 47.9. The van der Waals surface area contributed by atoms with Crippen LogP contribution < -0.4 is 0 Å². The minimum atomic E-state index is -0.433. The Labute approximate surface area is 320 Å². The number of cyclic esters (lactones) is 1. The van der Waals surface area contributed by atoms with E-state index in [4.69, 9.17) is 28.4 Å². The number of esters is 4. The van der Waals surface area contributed by atoms with E-state index in [9.17, 15) is 19.2 Å². The van der Waals surface area contributed by atoms with Crippen LogP contribution in [0.1, 0.15) is 189 Å². The van der Waals surface area contributed by atoms with Crippen molar-refractivity contribution in [2.24, 2.45) is 0 Å². The van der Waals surface area contributed by atoms with Crippen LogP contribution in [0, 0.1) is 0 Å². The van der Waals surface area contributed by atoms with Gasteiger partial charge in [-0.15, -0.1) is 0 Å². The van der Waals surface area contributed by atoms with Crippen LogP contribution in [0.15, 0.2) is 11.6 Å². The average molecular weight is 749 g/mol. The Morgan fingerprint density at radius 1 is 0.623 bits per heavy atom. The van der Waals surface area contributed by atoms with Crippen LogP contribution in [0.3, 0.4) is 0 Å². The van der Waals surface area contributed by atoms with E-state index in [-0.39, 0.29) is 66.6 Å². The maximum absolute atomic E-state index is 12.1. The quantitative estimate of drug-likeness (QED) is 0.0434. The van der Waals surface area contributed by atoms with E-state index in [1.807, 2.05) is 13.0 Å². The summed E-state index contributed by atoms with van der Waals surface area (Å²) in [5, 5.41) is 0. The number of rotatable bonds is 28. The van der Waals surface area contributed by atoms with Gasteiger partial charge in [0.1, 0.15) is 24.4 Å². The smallest absolute Gasteiger partial charge is 0.334 e. The summed E-state index contributed by atoms with van der Waals surface area (Å²) in [6.45, 7) is 8.46. The zero-order valence-corrected chi connectivity index (χ0v) is 33.7. The van der Waals surface area contributed by atoms with Crippen LogP contribution in [0.25, 0.3) is 0 Å². The van der Waals surface area contributed by atoms with Gasteiger partial charge in [-0.05, 0) is 90.0 Å². The molecule has 304 valence electrons. The molecule has 0 aromatic carbocycles. The third kappa shape index (κ3) is 18.2. The fourth-order valence-corrected chi connectivity index (χ4v) is 8.25. The van der Waals surface area contributed by atoms with Gasteiger partial charge in [0.25, 0.3) is 0 Å². The van der Waals surface area contributed by atoms with E-state index in [1.165, 1.54) is 72.1 Å².